The van der Waals surface area contributed by atoms with Gasteiger partial charge in [0.25, 0.3) is 5.91 Å². The number of anilines is 2. The van der Waals surface area contributed by atoms with Crippen molar-refractivity contribution in [1.82, 2.24) is 14.8 Å². The molecule has 0 saturated carbocycles. The fraction of sp³-hybridized carbons (Fsp3) is 0.0909. The number of urea groups is 1. The van der Waals surface area contributed by atoms with Gasteiger partial charge in [-0.3, -0.25) is 14.5 Å². The molecule has 0 spiro atoms. The van der Waals surface area contributed by atoms with E-state index in [2.05, 4.69) is 20.7 Å². The SMILES string of the molecule is COc1cc2nccc(Oc3ccc(NC(=O)Nc4cnn(C)c4)cc3F)c2cc1C(N)=O. The number of nitrogens with one attached hydrogen (secondary N) is 2. The van der Waals surface area contributed by atoms with Crippen molar-refractivity contribution >= 4 is 34.2 Å². The topological polar surface area (TPSA) is 133 Å². The lowest BCUT2D eigenvalue weighted by atomic mass is 10.1. The Kier molecular flexibility index (Phi) is 5.77. The Labute approximate surface area is 187 Å². The van der Waals surface area contributed by atoms with E-state index in [1.165, 1.54) is 48.5 Å². The maximum absolute atomic E-state index is 14.7. The van der Waals surface area contributed by atoms with Gasteiger partial charge >= 0.3 is 6.03 Å². The highest BCUT2D eigenvalue weighted by atomic mass is 19.1. The van der Waals surface area contributed by atoms with Crippen molar-refractivity contribution in [2.45, 2.75) is 0 Å². The number of carbonyl (C=O) groups is 2. The van der Waals surface area contributed by atoms with Crippen molar-refractivity contribution in [2.75, 3.05) is 17.7 Å². The number of methoxy groups -OCH3 is 1. The zero-order valence-electron chi connectivity index (χ0n) is 17.6. The summed E-state index contributed by atoms with van der Waals surface area (Å²) in [5.74, 6) is -0.945. The molecule has 0 aliphatic heterocycles. The lowest BCUT2D eigenvalue weighted by Crippen LogP contribution is -2.19. The van der Waals surface area contributed by atoms with Crippen molar-refractivity contribution in [3.8, 4) is 17.2 Å². The number of fused-ring (bicyclic) bond motifs is 1. The molecule has 2 aromatic heterocycles. The first-order chi connectivity index (χ1) is 15.8. The molecular weight excluding hydrogens is 431 g/mol. The summed E-state index contributed by atoms with van der Waals surface area (Å²) >= 11 is 0. The summed E-state index contributed by atoms with van der Waals surface area (Å²) in [6.45, 7) is 0. The predicted molar refractivity (Wildman–Crippen MR) is 119 cm³/mol. The molecule has 4 aromatic rings. The van der Waals surface area contributed by atoms with E-state index in [0.717, 1.165) is 6.07 Å². The third kappa shape index (κ3) is 4.66. The van der Waals surface area contributed by atoms with Crippen molar-refractivity contribution in [3.05, 3.63) is 66.4 Å². The molecule has 0 aliphatic carbocycles. The number of aryl methyl sites for hydroxylation is 1. The molecule has 0 radical (unpaired) electrons. The number of amides is 3. The molecule has 4 rings (SSSR count). The van der Waals surface area contributed by atoms with Crippen LogP contribution >= 0.6 is 0 Å². The molecule has 0 fully saturated rings. The van der Waals surface area contributed by atoms with E-state index in [9.17, 15) is 14.0 Å². The second-order valence-electron chi connectivity index (χ2n) is 6.97. The molecule has 0 atom stereocenters. The zero-order chi connectivity index (χ0) is 23.5. The minimum atomic E-state index is -0.706. The van der Waals surface area contributed by atoms with Gasteiger partial charge in [-0.25, -0.2) is 9.18 Å². The number of aromatic nitrogens is 3. The maximum Gasteiger partial charge on any atom is 0.323 e. The second-order valence-corrected chi connectivity index (χ2v) is 6.97. The molecule has 2 heterocycles. The lowest BCUT2D eigenvalue weighted by Gasteiger charge is -2.13. The monoisotopic (exact) mass is 450 g/mol. The fourth-order valence-electron chi connectivity index (χ4n) is 3.16. The average molecular weight is 450 g/mol. The Balaban J connectivity index is 1.56. The molecule has 3 amide bonds. The number of rotatable bonds is 6. The molecule has 4 N–H and O–H groups in total. The lowest BCUT2D eigenvalue weighted by molar-refractivity contribution is 0.0997. The molecule has 0 unspecified atom stereocenters. The van der Waals surface area contributed by atoms with Crippen LogP contribution in [-0.2, 0) is 7.05 Å². The molecule has 0 aliphatic rings. The summed E-state index contributed by atoms with van der Waals surface area (Å²) in [6.07, 6.45) is 4.59. The highest BCUT2D eigenvalue weighted by Crippen LogP contribution is 2.34. The minimum absolute atomic E-state index is 0.0860. The minimum Gasteiger partial charge on any atom is -0.496 e. The van der Waals surface area contributed by atoms with E-state index in [4.69, 9.17) is 15.2 Å². The van der Waals surface area contributed by atoms with Crippen LogP contribution in [0.3, 0.4) is 0 Å². The van der Waals surface area contributed by atoms with Gasteiger partial charge in [0.05, 0.1) is 30.1 Å². The van der Waals surface area contributed by atoms with E-state index < -0.39 is 17.8 Å². The first-order valence-electron chi connectivity index (χ1n) is 9.64. The van der Waals surface area contributed by atoms with Gasteiger partial charge in [-0.15, -0.1) is 0 Å². The smallest absolute Gasteiger partial charge is 0.323 e. The largest absolute Gasteiger partial charge is 0.496 e. The molecule has 0 saturated heterocycles. The highest BCUT2D eigenvalue weighted by molar-refractivity contribution is 6.01. The third-order valence-corrected chi connectivity index (χ3v) is 4.66. The summed E-state index contributed by atoms with van der Waals surface area (Å²) in [6, 6.07) is 8.00. The van der Waals surface area contributed by atoms with Gasteiger partial charge in [0.15, 0.2) is 11.6 Å². The highest BCUT2D eigenvalue weighted by Gasteiger charge is 2.16. The third-order valence-electron chi connectivity index (χ3n) is 4.66. The average Bonchev–Trinajstić information content (AvgIpc) is 3.18. The van der Waals surface area contributed by atoms with Crippen molar-refractivity contribution in [2.24, 2.45) is 12.8 Å². The quantitative estimate of drug-likeness (QED) is 0.411. The van der Waals surface area contributed by atoms with Gasteiger partial charge in [-0.2, -0.15) is 5.10 Å². The number of primary amides is 1. The Hall–Kier alpha value is -4.67. The predicted octanol–water partition coefficient (Wildman–Crippen LogP) is 3.65. The van der Waals surface area contributed by atoms with Crippen LogP contribution in [0.15, 0.2) is 55.0 Å². The summed E-state index contributed by atoms with van der Waals surface area (Å²) in [5.41, 5.74) is 6.76. The van der Waals surface area contributed by atoms with E-state index in [-0.39, 0.29) is 28.5 Å². The zero-order valence-corrected chi connectivity index (χ0v) is 17.6. The summed E-state index contributed by atoms with van der Waals surface area (Å²) in [5, 5.41) is 9.52. The molecule has 2 aromatic carbocycles. The van der Waals surface area contributed by atoms with E-state index in [1.54, 1.807) is 19.3 Å². The molecular formula is C22H19FN6O4. The van der Waals surface area contributed by atoms with Crippen molar-refractivity contribution in [1.29, 1.82) is 0 Å². The van der Waals surface area contributed by atoms with Gasteiger partial charge in [-0.1, -0.05) is 0 Å². The molecule has 168 valence electrons. The molecule has 33 heavy (non-hydrogen) atoms. The number of halogens is 1. The number of carbonyl (C=O) groups excluding carboxylic acids is 2. The van der Waals surface area contributed by atoms with Crippen LogP contribution in [0.25, 0.3) is 10.9 Å². The number of benzene rings is 2. The Morgan fingerprint density at radius 2 is 1.85 bits per heavy atom. The fourth-order valence-corrected chi connectivity index (χ4v) is 3.16. The summed E-state index contributed by atoms with van der Waals surface area (Å²) in [4.78, 5) is 28.1. The standard InChI is InChI=1S/C22H19FN6O4/c1-29-11-13(10-26-29)28-22(31)27-12-3-4-19(16(23)7-12)33-18-5-6-25-17-9-20(32-2)15(21(24)30)8-14(17)18/h3-11H,1-2H3,(H2,24,30)(H2,27,28,31). The van der Waals surface area contributed by atoms with E-state index >= 15 is 0 Å². The Bertz CT molecular complexity index is 1370. The van der Waals surface area contributed by atoms with E-state index in [1.807, 2.05) is 0 Å². The number of nitrogens with two attached hydrogens (primary N) is 1. The van der Waals surface area contributed by atoms with Crippen LogP contribution in [0.2, 0.25) is 0 Å². The first-order valence-corrected chi connectivity index (χ1v) is 9.64. The number of nitrogens with zero attached hydrogens (tertiary/aromatic N) is 3. The Morgan fingerprint density at radius 3 is 2.52 bits per heavy atom. The van der Waals surface area contributed by atoms with Crippen LogP contribution in [0, 0.1) is 5.82 Å². The second kappa shape index (κ2) is 8.83. The molecule has 10 nitrogen and oxygen atoms in total. The van der Waals surface area contributed by atoms with Crippen LogP contribution in [0.5, 0.6) is 17.2 Å². The van der Waals surface area contributed by atoms with Gasteiger partial charge in [0, 0.05) is 42.6 Å². The number of hydrogen-bond acceptors (Lipinski definition) is 6. The van der Waals surface area contributed by atoms with Gasteiger partial charge in [0.1, 0.15) is 11.5 Å². The van der Waals surface area contributed by atoms with Crippen LogP contribution < -0.4 is 25.8 Å². The van der Waals surface area contributed by atoms with E-state index in [0.29, 0.717) is 16.6 Å². The molecule has 11 heteroatoms. The van der Waals surface area contributed by atoms with Crippen LogP contribution in [0.1, 0.15) is 10.4 Å². The number of hydrogen-bond donors (Lipinski definition) is 3. The number of pyridine rings is 1. The maximum atomic E-state index is 14.7. The van der Waals surface area contributed by atoms with Crippen molar-refractivity contribution in [3.63, 3.8) is 0 Å². The van der Waals surface area contributed by atoms with Gasteiger partial charge in [0.2, 0.25) is 0 Å². The molecule has 0 bridgehead atoms. The van der Waals surface area contributed by atoms with Crippen LogP contribution in [0.4, 0.5) is 20.6 Å². The van der Waals surface area contributed by atoms with Crippen LogP contribution in [-0.4, -0.2) is 33.8 Å². The normalized spacial score (nSPS) is 10.6. The summed E-state index contributed by atoms with van der Waals surface area (Å²) < 4.78 is 27.2. The van der Waals surface area contributed by atoms with Crippen molar-refractivity contribution < 1.29 is 23.5 Å². The van der Waals surface area contributed by atoms with Gasteiger partial charge < -0.3 is 25.8 Å². The Morgan fingerprint density at radius 1 is 1.06 bits per heavy atom. The summed E-state index contributed by atoms with van der Waals surface area (Å²) in [7, 11) is 3.13. The van der Waals surface area contributed by atoms with Gasteiger partial charge in [-0.05, 0) is 24.3 Å². The number of ether oxygens (including phenoxy) is 2. The first kappa shape index (κ1) is 21.6.